The van der Waals surface area contributed by atoms with Gasteiger partial charge in [-0.05, 0) is 5.92 Å². The SMILES string of the molecule is C#C[C@@]1(O[C@@H](C#C[Si](C)(C)C)C=C)OCC(C)(C)[C@H]1O. The minimum absolute atomic E-state index is 0.337. The van der Waals surface area contributed by atoms with Crippen molar-refractivity contribution in [3.8, 4) is 23.8 Å². The van der Waals surface area contributed by atoms with Gasteiger partial charge in [0.15, 0.2) is 0 Å². The Morgan fingerprint density at radius 2 is 2.10 bits per heavy atom. The van der Waals surface area contributed by atoms with Gasteiger partial charge in [0.25, 0.3) is 5.79 Å². The van der Waals surface area contributed by atoms with Gasteiger partial charge in [0.2, 0.25) is 0 Å². The Morgan fingerprint density at radius 1 is 1.50 bits per heavy atom. The number of aliphatic hydroxyl groups is 1. The molecule has 0 saturated carbocycles. The van der Waals surface area contributed by atoms with Crippen LogP contribution in [-0.4, -0.2) is 37.8 Å². The molecule has 3 nitrogen and oxygen atoms in total. The molecule has 1 fully saturated rings. The van der Waals surface area contributed by atoms with E-state index in [1.54, 1.807) is 6.08 Å². The van der Waals surface area contributed by atoms with E-state index in [9.17, 15) is 5.11 Å². The van der Waals surface area contributed by atoms with Crippen LogP contribution in [0.2, 0.25) is 19.6 Å². The lowest BCUT2D eigenvalue weighted by Crippen LogP contribution is -2.47. The molecule has 0 aliphatic carbocycles. The Hall–Kier alpha value is -1.04. The summed E-state index contributed by atoms with van der Waals surface area (Å²) < 4.78 is 11.3. The van der Waals surface area contributed by atoms with Crippen molar-refractivity contribution in [3.05, 3.63) is 12.7 Å². The predicted octanol–water partition coefficient (Wildman–Crippen LogP) is 2.19. The van der Waals surface area contributed by atoms with E-state index in [2.05, 4.69) is 43.6 Å². The van der Waals surface area contributed by atoms with Gasteiger partial charge in [-0.3, -0.25) is 0 Å². The summed E-state index contributed by atoms with van der Waals surface area (Å²) in [6.45, 7) is 14.2. The Balaban J connectivity index is 2.96. The highest BCUT2D eigenvalue weighted by molar-refractivity contribution is 6.83. The van der Waals surface area contributed by atoms with Crippen LogP contribution >= 0.6 is 0 Å². The van der Waals surface area contributed by atoms with E-state index < -0.39 is 31.5 Å². The standard InChI is InChI=1S/C16H24O3Si/c1-8-13(10-11-20(5,6)7)19-16(9-2)14(17)15(3,4)12-18-16/h2,8,13-14,17H,1,12H2,3-7H3/t13-,14-,16+/m1/s1. The minimum atomic E-state index is -1.52. The monoisotopic (exact) mass is 292 g/mol. The van der Waals surface area contributed by atoms with Crippen LogP contribution < -0.4 is 0 Å². The first-order chi connectivity index (χ1) is 9.06. The number of terminal acetylenes is 1. The number of ether oxygens (including phenoxy) is 2. The smallest absolute Gasteiger partial charge is 0.262 e. The van der Waals surface area contributed by atoms with Crippen molar-refractivity contribution in [1.82, 2.24) is 0 Å². The van der Waals surface area contributed by atoms with Crippen molar-refractivity contribution in [2.45, 2.75) is 51.5 Å². The van der Waals surface area contributed by atoms with Gasteiger partial charge in [0.1, 0.15) is 20.3 Å². The molecule has 0 aromatic heterocycles. The third kappa shape index (κ3) is 3.74. The molecule has 3 atom stereocenters. The number of hydrogen-bond acceptors (Lipinski definition) is 3. The molecule has 0 bridgehead atoms. The highest BCUT2D eigenvalue weighted by atomic mass is 28.3. The van der Waals surface area contributed by atoms with Gasteiger partial charge in [-0.25, -0.2) is 0 Å². The Morgan fingerprint density at radius 3 is 2.45 bits per heavy atom. The highest BCUT2D eigenvalue weighted by Gasteiger charge is 2.54. The Kier molecular flexibility index (Phi) is 4.89. The molecule has 1 aliphatic heterocycles. The molecule has 4 heteroatoms. The lowest BCUT2D eigenvalue weighted by Gasteiger charge is -2.31. The molecule has 1 heterocycles. The van der Waals surface area contributed by atoms with E-state index in [0.29, 0.717) is 6.61 Å². The van der Waals surface area contributed by atoms with Gasteiger partial charge in [-0.15, -0.1) is 12.0 Å². The average Bonchev–Trinajstić information content (AvgIpc) is 2.58. The number of rotatable bonds is 3. The zero-order chi connectivity index (χ0) is 15.6. The van der Waals surface area contributed by atoms with Crippen LogP contribution in [0.15, 0.2) is 12.7 Å². The summed E-state index contributed by atoms with van der Waals surface area (Å²) in [6, 6.07) is 0. The highest BCUT2D eigenvalue weighted by Crippen LogP contribution is 2.40. The van der Waals surface area contributed by atoms with E-state index in [1.165, 1.54) is 0 Å². The maximum atomic E-state index is 10.4. The predicted molar refractivity (Wildman–Crippen MR) is 83.5 cm³/mol. The van der Waals surface area contributed by atoms with Gasteiger partial charge in [0.05, 0.1) is 6.61 Å². The fraction of sp³-hybridized carbons (Fsp3) is 0.625. The molecule has 1 saturated heterocycles. The maximum Gasteiger partial charge on any atom is 0.262 e. The van der Waals surface area contributed by atoms with Gasteiger partial charge in [0, 0.05) is 5.41 Å². The quantitative estimate of drug-likeness (QED) is 0.492. The molecule has 1 N–H and O–H groups in total. The van der Waals surface area contributed by atoms with Crippen molar-refractivity contribution < 1.29 is 14.6 Å². The summed E-state index contributed by atoms with van der Waals surface area (Å²) in [5.41, 5.74) is 2.76. The normalized spacial score (nSPS) is 29.9. The van der Waals surface area contributed by atoms with Crippen LogP contribution in [0.4, 0.5) is 0 Å². The molecule has 1 rings (SSSR count). The van der Waals surface area contributed by atoms with Crippen LogP contribution in [0, 0.1) is 29.2 Å². The number of aliphatic hydroxyl groups excluding tert-OH is 1. The number of hydrogen-bond donors (Lipinski definition) is 1. The van der Waals surface area contributed by atoms with E-state index >= 15 is 0 Å². The molecule has 0 spiro atoms. The summed E-state index contributed by atoms with van der Waals surface area (Å²) in [5, 5.41) is 10.4. The molecule has 0 aromatic rings. The zero-order valence-corrected chi connectivity index (χ0v) is 14.0. The third-order valence-electron chi connectivity index (χ3n) is 3.07. The van der Waals surface area contributed by atoms with Crippen LogP contribution in [0.1, 0.15) is 13.8 Å². The van der Waals surface area contributed by atoms with Gasteiger partial charge >= 0.3 is 0 Å². The van der Waals surface area contributed by atoms with Crippen LogP contribution in [0.3, 0.4) is 0 Å². The first kappa shape index (κ1) is 17.0. The van der Waals surface area contributed by atoms with Crippen molar-refractivity contribution in [2.24, 2.45) is 5.41 Å². The molecule has 0 amide bonds. The van der Waals surface area contributed by atoms with E-state index in [1.807, 2.05) is 13.8 Å². The second-order valence-corrected chi connectivity index (χ2v) is 11.5. The average molecular weight is 292 g/mol. The van der Waals surface area contributed by atoms with E-state index in [0.717, 1.165) is 0 Å². The van der Waals surface area contributed by atoms with Crippen LogP contribution in [-0.2, 0) is 9.47 Å². The fourth-order valence-electron chi connectivity index (χ4n) is 1.83. The first-order valence-corrected chi connectivity index (χ1v) is 10.2. The summed E-state index contributed by atoms with van der Waals surface area (Å²) in [6.07, 6.45) is 5.65. The van der Waals surface area contributed by atoms with E-state index in [-0.39, 0.29) is 0 Å². The lowest BCUT2D eigenvalue weighted by molar-refractivity contribution is -0.213. The Bertz CT molecular complexity index is 473. The first-order valence-electron chi connectivity index (χ1n) is 6.69. The molecule has 1 aliphatic rings. The Labute approximate surface area is 123 Å². The van der Waals surface area contributed by atoms with Crippen molar-refractivity contribution in [3.63, 3.8) is 0 Å². The zero-order valence-electron chi connectivity index (χ0n) is 13.0. The third-order valence-corrected chi connectivity index (χ3v) is 3.96. The molecule has 0 unspecified atom stereocenters. The van der Waals surface area contributed by atoms with Gasteiger partial charge in [-0.1, -0.05) is 52.1 Å². The molecular weight excluding hydrogens is 268 g/mol. The summed E-state index contributed by atoms with van der Waals surface area (Å²) in [5.74, 6) is 4.03. The molecule has 110 valence electrons. The van der Waals surface area contributed by atoms with Crippen molar-refractivity contribution >= 4 is 8.07 Å². The van der Waals surface area contributed by atoms with Gasteiger partial charge in [-0.2, -0.15) is 0 Å². The van der Waals surface area contributed by atoms with Crippen LogP contribution in [0.5, 0.6) is 0 Å². The fourth-order valence-corrected chi connectivity index (χ4v) is 2.41. The lowest BCUT2D eigenvalue weighted by atomic mass is 9.86. The maximum absolute atomic E-state index is 10.4. The summed E-state index contributed by atoms with van der Waals surface area (Å²) >= 11 is 0. The van der Waals surface area contributed by atoms with Crippen LogP contribution in [0.25, 0.3) is 0 Å². The molecular formula is C16H24O3Si. The molecule has 20 heavy (non-hydrogen) atoms. The topological polar surface area (TPSA) is 38.7 Å². The molecule has 0 aromatic carbocycles. The second kappa shape index (κ2) is 5.75. The van der Waals surface area contributed by atoms with Gasteiger partial charge < -0.3 is 14.6 Å². The van der Waals surface area contributed by atoms with Crippen molar-refractivity contribution in [1.29, 1.82) is 0 Å². The summed E-state index contributed by atoms with van der Waals surface area (Å²) in [7, 11) is -1.52. The molecule has 0 radical (unpaired) electrons. The van der Waals surface area contributed by atoms with Crippen molar-refractivity contribution in [2.75, 3.05) is 6.61 Å². The second-order valence-electron chi connectivity index (χ2n) is 6.79. The summed E-state index contributed by atoms with van der Waals surface area (Å²) in [4.78, 5) is 0. The largest absolute Gasteiger partial charge is 0.386 e. The minimum Gasteiger partial charge on any atom is -0.386 e. The van der Waals surface area contributed by atoms with E-state index in [4.69, 9.17) is 15.9 Å².